The molecule has 2 amide bonds. The molecule has 1 aliphatic heterocycles. The van der Waals surface area contributed by atoms with E-state index in [1.165, 1.54) is 0 Å². The smallest absolute Gasteiger partial charge is 0.411 e. The van der Waals surface area contributed by atoms with Crippen LogP contribution in [0.3, 0.4) is 0 Å². The molecule has 8 heteroatoms. The number of hydrogen-bond donors (Lipinski definition) is 3. The fourth-order valence-corrected chi connectivity index (χ4v) is 7.79. The van der Waals surface area contributed by atoms with E-state index in [0.29, 0.717) is 30.9 Å². The van der Waals surface area contributed by atoms with Crippen LogP contribution in [0.25, 0.3) is 0 Å². The third-order valence-corrected chi connectivity index (χ3v) is 10.5. The van der Waals surface area contributed by atoms with Crippen LogP contribution < -0.4 is 5.32 Å². The fourth-order valence-electron chi connectivity index (χ4n) is 7.33. The number of rotatable bonds is 6. The molecule has 37 heavy (non-hydrogen) atoms. The number of benzene rings is 1. The number of likely N-dealkylation sites (tertiary alicyclic amines) is 1. The number of carbonyl (C=O) groups is 2. The quantitative estimate of drug-likeness (QED) is 0.438. The van der Waals surface area contributed by atoms with Crippen molar-refractivity contribution in [2.45, 2.75) is 82.8 Å². The van der Waals surface area contributed by atoms with Crippen LogP contribution in [0.5, 0.6) is 0 Å². The van der Waals surface area contributed by atoms with Gasteiger partial charge in [-0.3, -0.25) is 10.1 Å². The average molecular weight is 533 g/mol. The number of carbonyl (C=O) groups excluding carboxylic acids is 2. The maximum atomic E-state index is 13.3. The molecule has 4 rings (SSSR count). The molecule has 206 valence electrons. The first kappa shape index (κ1) is 28.2. The molecule has 1 aromatic carbocycles. The van der Waals surface area contributed by atoms with E-state index in [4.69, 9.17) is 4.74 Å². The van der Waals surface area contributed by atoms with E-state index in [1.807, 2.05) is 42.3 Å². The highest BCUT2D eigenvalue weighted by molar-refractivity contribution is 7.98. The van der Waals surface area contributed by atoms with Crippen LogP contribution in [-0.4, -0.2) is 65.3 Å². The first-order chi connectivity index (χ1) is 17.6. The van der Waals surface area contributed by atoms with Crippen molar-refractivity contribution in [3.63, 3.8) is 0 Å². The van der Waals surface area contributed by atoms with Crippen LogP contribution in [-0.2, 0) is 9.53 Å². The van der Waals surface area contributed by atoms with Gasteiger partial charge >= 0.3 is 6.09 Å². The minimum Gasteiger partial charge on any atom is -0.445 e. The molecule has 6 atom stereocenters. The van der Waals surface area contributed by atoms with E-state index in [2.05, 4.69) is 19.2 Å². The van der Waals surface area contributed by atoms with Gasteiger partial charge in [0.15, 0.2) is 0 Å². The Balaban J connectivity index is 1.47. The Labute approximate surface area is 225 Å². The van der Waals surface area contributed by atoms with E-state index in [9.17, 15) is 19.8 Å². The summed E-state index contributed by atoms with van der Waals surface area (Å²) in [6, 6.07) is 7.61. The van der Waals surface area contributed by atoms with Crippen molar-refractivity contribution >= 4 is 29.4 Å². The van der Waals surface area contributed by atoms with Crippen molar-refractivity contribution < 1.29 is 24.5 Å². The Kier molecular flexibility index (Phi) is 8.81. The lowest BCUT2D eigenvalue weighted by Crippen LogP contribution is -2.61. The minimum atomic E-state index is -0.659. The van der Waals surface area contributed by atoms with Crippen LogP contribution in [0.15, 0.2) is 29.2 Å². The molecule has 0 radical (unpaired) electrons. The topological polar surface area (TPSA) is 99.1 Å². The first-order valence-electron chi connectivity index (χ1n) is 13.8. The molecule has 0 spiro atoms. The van der Waals surface area contributed by atoms with Crippen molar-refractivity contribution in [2.24, 2.45) is 28.6 Å². The van der Waals surface area contributed by atoms with E-state index < -0.39 is 23.7 Å². The summed E-state index contributed by atoms with van der Waals surface area (Å²) in [6.45, 7) is 7.88. The van der Waals surface area contributed by atoms with Crippen molar-refractivity contribution in [2.75, 3.05) is 31.3 Å². The maximum Gasteiger partial charge on any atom is 0.411 e. The van der Waals surface area contributed by atoms with Gasteiger partial charge < -0.3 is 19.8 Å². The molecule has 1 aromatic rings. The van der Waals surface area contributed by atoms with E-state index >= 15 is 0 Å². The van der Waals surface area contributed by atoms with Gasteiger partial charge in [0, 0.05) is 35.5 Å². The number of fused-ring (bicyclic) bond motifs is 1. The number of nitrogens with one attached hydrogen (secondary N) is 1. The summed E-state index contributed by atoms with van der Waals surface area (Å²) in [5.74, 6) is 0.638. The SMILES string of the molecule is CSc1cccc(NC(=O)O[C@@H]2CC[C@]3(C)[C@H](CC[C@@H](O)[C@H]3CC(=O)N3CCC(C)CC3)[C@]2(C)CO)c1. The largest absolute Gasteiger partial charge is 0.445 e. The second kappa shape index (κ2) is 11.5. The molecule has 0 aromatic heterocycles. The summed E-state index contributed by atoms with van der Waals surface area (Å²) in [6.07, 6.45) is 5.52. The standard InChI is InChI=1S/C29H44N2O5S/c1-19-11-14-31(15-12-19)26(34)17-22-23(33)8-9-24-28(22,2)13-10-25(29(24,3)18-32)36-27(35)30-20-6-5-7-21(16-20)37-4/h5-7,16,19,22-25,32-33H,8-15,17-18H2,1-4H3,(H,30,35)/t22-,23-,24+,25-,28+,29+/m1/s1. The molecule has 1 heterocycles. The predicted octanol–water partition coefficient (Wildman–Crippen LogP) is 5.16. The number of amides is 2. The molecule has 2 saturated carbocycles. The molecule has 3 fully saturated rings. The summed E-state index contributed by atoms with van der Waals surface area (Å²) < 4.78 is 5.96. The Morgan fingerprint density at radius 1 is 1.16 bits per heavy atom. The monoisotopic (exact) mass is 532 g/mol. The number of piperidine rings is 1. The number of anilines is 1. The highest BCUT2D eigenvalue weighted by atomic mass is 32.2. The average Bonchev–Trinajstić information content (AvgIpc) is 2.88. The molecular formula is C29H44N2O5S. The lowest BCUT2D eigenvalue weighted by atomic mass is 9.46. The number of aliphatic hydroxyl groups excluding tert-OH is 2. The Morgan fingerprint density at radius 3 is 2.57 bits per heavy atom. The molecule has 3 aliphatic rings. The number of hydrogen-bond acceptors (Lipinski definition) is 6. The van der Waals surface area contributed by atoms with Crippen LogP contribution in [0.1, 0.15) is 65.7 Å². The van der Waals surface area contributed by atoms with Gasteiger partial charge in [0.25, 0.3) is 0 Å². The minimum absolute atomic E-state index is 0.0268. The van der Waals surface area contributed by atoms with Crippen molar-refractivity contribution in [3.8, 4) is 0 Å². The number of nitrogens with zero attached hydrogens (tertiary/aromatic N) is 1. The summed E-state index contributed by atoms with van der Waals surface area (Å²) in [4.78, 5) is 29.2. The second-order valence-electron chi connectivity index (χ2n) is 12.0. The molecule has 0 unspecified atom stereocenters. The molecule has 0 bridgehead atoms. The normalized spacial score (nSPS) is 34.5. The van der Waals surface area contributed by atoms with E-state index in [1.54, 1.807) is 11.8 Å². The summed E-state index contributed by atoms with van der Waals surface area (Å²) in [7, 11) is 0. The van der Waals surface area contributed by atoms with Gasteiger partial charge in [0.2, 0.25) is 5.91 Å². The number of aliphatic hydroxyl groups is 2. The second-order valence-corrected chi connectivity index (χ2v) is 12.9. The van der Waals surface area contributed by atoms with E-state index in [-0.39, 0.29) is 29.8 Å². The Morgan fingerprint density at radius 2 is 1.89 bits per heavy atom. The zero-order valence-corrected chi connectivity index (χ0v) is 23.6. The number of thioether (sulfide) groups is 1. The van der Waals surface area contributed by atoms with Crippen LogP contribution in [0.4, 0.5) is 10.5 Å². The molecule has 3 N–H and O–H groups in total. The maximum absolute atomic E-state index is 13.3. The third kappa shape index (κ3) is 5.81. The molecule has 1 saturated heterocycles. The molecule has 2 aliphatic carbocycles. The van der Waals surface area contributed by atoms with Crippen molar-refractivity contribution in [3.05, 3.63) is 24.3 Å². The zero-order chi connectivity index (χ0) is 26.8. The number of ether oxygens (including phenoxy) is 1. The first-order valence-corrected chi connectivity index (χ1v) is 15.0. The lowest BCUT2D eigenvalue weighted by Gasteiger charge is -2.60. The summed E-state index contributed by atoms with van der Waals surface area (Å²) in [5.41, 5.74) is -0.306. The van der Waals surface area contributed by atoms with Gasteiger partial charge in [-0.1, -0.05) is 26.8 Å². The van der Waals surface area contributed by atoms with Gasteiger partial charge in [0.1, 0.15) is 6.10 Å². The Hall–Kier alpha value is -1.77. The van der Waals surface area contributed by atoms with Gasteiger partial charge in [-0.05, 0) is 86.1 Å². The van der Waals surface area contributed by atoms with Crippen molar-refractivity contribution in [1.29, 1.82) is 0 Å². The summed E-state index contributed by atoms with van der Waals surface area (Å²) in [5, 5.41) is 24.6. The molecular weight excluding hydrogens is 488 g/mol. The Bertz CT molecular complexity index is 967. The van der Waals surface area contributed by atoms with Gasteiger partial charge in [-0.15, -0.1) is 11.8 Å². The highest BCUT2D eigenvalue weighted by Crippen LogP contribution is 2.61. The lowest BCUT2D eigenvalue weighted by molar-refractivity contribution is -0.186. The van der Waals surface area contributed by atoms with E-state index in [0.717, 1.165) is 43.7 Å². The predicted molar refractivity (Wildman–Crippen MR) is 146 cm³/mol. The highest BCUT2D eigenvalue weighted by Gasteiger charge is 2.60. The van der Waals surface area contributed by atoms with Crippen LogP contribution in [0.2, 0.25) is 0 Å². The van der Waals surface area contributed by atoms with Crippen molar-refractivity contribution in [1.82, 2.24) is 4.90 Å². The van der Waals surface area contributed by atoms with Gasteiger partial charge in [0.05, 0.1) is 12.7 Å². The van der Waals surface area contributed by atoms with Crippen LogP contribution >= 0.6 is 11.8 Å². The summed E-state index contributed by atoms with van der Waals surface area (Å²) >= 11 is 1.60. The fraction of sp³-hybridized carbons (Fsp3) is 0.724. The zero-order valence-electron chi connectivity index (χ0n) is 22.7. The van der Waals surface area contributed by atoms with Gasteiger partial charge in [-0.25, -0.2) is 4.79 Å². The third-order valence-electron chi connectivity index (χ3n) is 9.77. The molecule has 7 nitrogen and oxygen atoms in total. The van der Waals surface area contributed by atoms with Gasteiger partial charge in [-0.2, -0.15) is 0 Å². The van der Waals surface area contributed by atoms with Crippen LogP contribution in [0, 0.1) is 28.6 Å².